The highest BCUT2D eigenvalue weighted by Crippen LogP contribution is 2.76. The second kappa shape index (κ2) is 1.59. The van der Waals surface area contributed by atoms with Crippen molar-refractivity contribution in [3.05, 3.63) is 0 Å². The van der Waals surface area contributed by atoms with Gasteiger partial charge in [-0.1, -0.05) is 0 Å². The van der Waals surface area contributed by atoms with Crippen LogP contribution in [0, 0.1) is 35.5 Å². The second-order valence-corrected chi connectivity index (χ2v) is 5.85. The Kier molecular flexibility index (Phi) is 0.792. The van der Waals surface area contributed by atoms with Crippen molar-refractivity contribution < 1.29 is 14.6 Å². The lowest BCUT2D eigenvalue weighted by Gasteiger charge is -2.24. The molecule has 0 aromatic carbocycles. The van der Waals surface area contributed by atoms with Gasteiger partial charge >= 0.3 is 0 Å². The van der Waals surface area contributed by atoms with Gasteiger partial charge < -0.3 is 9.84 Å². The summed E-state index contributed by atoms with van der Waals surface area (Å²) in [5.74, 6) is 2.03. The topological polar surface area (TPSA) is 46.5 Å². The molecule has 2 bridgehead atoms. The number of aliphatic hydroxyl groups is 1. The first-order valence-corrected chi connectivity index (χ1v) is 5.65. The molecule has 3 nitrogen and oxygen atoms in total. The standard InChI is InChI=1S/C11H12O3/c12-9-6-4-1-3-5(6)2-11(13)8(3)7(4)10(9)14-11/h3-8,10,13H,1-2H2/t3-,4?,5-,6+,7?,8+,10+,11+/m0/s1. The van der Waals surface area contributed by atoms with Gasteiger partial charge in [-0.2, -0.15) is 0 Å². The van der Waals surface area contributed by atoms with Gasteiger partial charge in [0.15, 0.2) is 11.6 Å². The quantitative estimate of drug-likeness (QED) is 0.595. The van der Waals surface area contributed by atoms with E-state index in [1.807, 2.05) is 0 Å². The third kappa shape index (κ3) is 0.421. The van der Waals surface area contributed by atoms with Crippen LogP contribution in [0.4, 0.5) is 0 Å². The molecule has 0 radical (unpaired) electrons. The number of ketones is 1. The van der Waals surface area contributed by atoms with E-state index in [2.05, 4.69) is 0 Å². The normalized spacial score (nSPS) is 75.8. The zero-order chi connectivity index (χ0) is 9.24. The molecule has 0 amide bonds. The molecule has 1 N–H and O–H groups in total. The van der Waals surface area contributed by atoms with Crippen LogP contribution in [-0.2, 0) is 9.53 Å². The van der Waals surface area contributed by atoms with Crippen LogP contribution in [0.25, 0.3) is 0 Å². The minimum Gasteiger partial charge on any atom is -0.365 e. The minimum absolute atomic E-state index is 0.225. The monoisotopic (exact) mass is 192 g/mol. The Bertz CT molecular complexity index is 379. The number of carbonyl (C=O) groups excluding carboxylic acids is 1. The van der Waals surface area contributed by atoms with Gasteiger partial charge in [-0.05, 0) is 24.2 Å². The van der Waals surface area contributed by atoms with Gasteiger partial charge in [0.05, 0.1) is 0 Å². The van der Waals surface area contributed by atoms with Crippen molar-refractivity contribution in [2.24, 2.45) is 35.5 Å². The maximum atomic E-state index is 12.0. The van der Waals surface area contributed by atoms with Crippen LogP contribution >= 0.6 is 0 Å². The van der Waals surface area contributed by atoms with Gasteiger partial charge in [-0.3, -0.25) is 4.79 Å². The lowest BCUT2D eigenvalue weighted by Crippen LogP contribution is -2.33. The predicted octanol–water partition coefficient (Wildman–Crippen LogP) is 0.175. The maximum absolute atomic E-state index is 12.0. The highest BCUT2D eigenvalue weighted by molar-refractivity contribution is 5.91. The molecule has 1 heterocycles. The van der Waals surface area contributed by atoms with E-state index in [0.29, 0.717) is 35.4 Å². The molecule has 5 aliphatic rings. The maximum Gasteiger partial charge on any atom is 0.170 e. The summed E-state index contributed by atoms with van der Waals surface area (Å²) in [4.78, 5) is 12.0. The number of hydrogen-bond donors (Lipinski definition) is 1. The van der Waals surface area contributed by atoms with Crippen molar-refractivity contribution in [3.8, 4) is 0 Å². The van der Waals surface area contributed by atoms with Gasteiger partial charge in [0.1, 0.15) is 6.10 Å². The van der Waals surface area contributed by atoms with Crippen LogP contribution in [0.5, 0.6) is 0 Å². The fourth-order valence-corrected chi connectivity index (χ4v) is 5.67. The average Bonchev–Trinajstić information content (AvgIpc) is 2.75. The first-order valence-electron chi connectivity index (χ1n) is 5.65. The van der Waals surface area contributed by atoms with Crippen LogP contribution in [0.1, 0.15) is 12.8 Å². The first kappa shape index (κ1) is 6.96. The van der Waals surface area contributed by atoms with E-state index in [0.717, 1.165) is 6.42 Å². The van der Waals surface area contributed by atoms with Gasteiger partial charge in [-0.25, -0.2) is 0 Å². The molecule has 1 aliphatic heterocycles. The Balaban J connectivity index is 1.88. The Morgan fingerprint density at radius 3 is 3.07 bits per heavy atom. The number of fused-ring (bicyclic) bond motifs is 1. The van der Waals surface area contributed by atoms with Crippen molar-refractivity contribution in [2.45, 2.75) is 24.7 Å². The fraction of sp³-hybridized carbons (Fsp3) is 0.909. The van der Waals surface area contributed by atoms with E-state index in [9.17, 15) is 9.90 Å². The van der Waals surface area contributed by atoms with Crippen LogP contribution < -0.4 is 0 Å². The summed E-state index contributed by atoms with van der Waals surface area (Å²) in [6, 6.07) is 0. The predicted molar refractivity (Wildman–Crippen MR) is 45.0 cm³/mol. The number of hydrogen-bond acceptors (Lipinski definition) is 3. The molecular weight excluding hydrogens is 180 g/mol. The minimum atomic E-state index is -0.902. The summed E-state index contributed by atoms with van der Waals surface area (Å²) >= 11 is 0. The van der Waals surface area contributed by atoms with E-state index in [4.69, 9.17) is 4.74 Å². The van der Waals surface area contributed by atoms with Crippen LogP contribution in [-0.4, -0.2) is 22.8 Å². The Morgan fingerprint density at radius 1 is 1.36 bits per heavy atom. The van der Waals surface area contributed by atoms with E-state index >= 15 is 0 Å². The highest BCUT2D eigenvalue weighted by Gasteiger charge is 2.81. The van der Waals surface area contributed by atoms with E-state index in [1.54, 1.807) is 0 Å². The SMILES string of the molecule is O=C1[C@@H]2C3C[C@H]4[C@@H]2C[C@@]2(O)O[C@@H]1C3[C@@H]42. The molecule has 0 aromatic heterocycles. The van der Waals surface area contributed by atoms with Crippen molar-refractivity contribution in [1.82, 2.24) is 0 Å². The van der Waals surface area contributed by atoms with Crippen molar-refractivity contribution >= 4 is 5.78 Å². The zero-order valence-electron chi connectivity index (χ0n) is 7.72. The third-order valence-electron chi connectivity index (χ3n) is 5.73. The molecular formula is C11H12O3. The molecule has 1 saturated heterocycles. The summed E-state index contributed by atoms with van der Waals surface area (Å²) in [5.41, 5.74) is 0. The molecule has 0 spiro atoms. The molecule has 5 fully saturated rings. The Morgan fingerprint density at radius 2 is 2.21 bits per heavy atom. The Labute approximate surface area is 81.4 Å². The van der Waals surface area contributed by atoms with Crippen LogP contribution in [0.3, 0.4) is 0 Å². The molecule has 2 unspecified atom stereocenters. The lowest BCUT2D eigenvalue weighted by molar-refractivity contribution is -0.201. The first-order chi connectivity index (χ1) is 6.71. The molecule has 8 atom stereocenters. The second-order valence-electron chi connectivity index (χ2n) is 5.85. The van der Waals surface area contributed by atoms with Crippen molar-refractivity contribution in [1.29, 1.82) is 0 Å². The molecule has 3 heteroatoms. The van der Waals surface area contributed by atoms with Gasteiger partial charge in [0.25, 0.3) is 0 Å². The van der Waals surface area contributed by atoms with Crippen LogP contribution in [0.2, 0.25) is 0 Å². The van der Waals surface area contributed by atoms with Gasteiger partial charge in [0.2, 0.25) is 0 Å². The number of rotatable bonds is 0. The van der Waals surface area contributed by atoms with E-state index in [1.165, 1.54) is 6.42 Å². The fourth-order valence-electron chi connectivity index (χ4n) is 5.67. The van der Waals surface area contributed by atoms with Crippen LogP contribution in [0.15, 0.2) is 0 Å². The largest absolute Gasteiger partial charge is 0.365 e. The van der Waals surface area contributed by atoms with Gasteiger partial charge in [-0.15, -0.1) is 0 Å². The number of Topliss-reactive ketones (excluding diaryl/α,β-unsaturated/α-hetero) is 1. The van der Waals surface area contributed by atoms with Crippen molar-refractivity contribution in [2.75, 3.05) is 0 Å². The molecule has 5 rings (SSSR count). The van der Waals surface area contributed by atoms with E-state index in [-0.39, 0.29) is 12.0 Å². The molecule has 4 aliphatic carbocycles. The summed E-state index contributed by atoms with van der Waals surface area (Å²) in [5, 5.41) is 10.3. The van der Waals surface area contributed by atoms with E-state index < -0.39 is 5.79 Å². The molecule has 4 saturated carbocycles. The summed E-state index contributed by atoms with van der Waals surface area (Å²) < 4.78 is 5.64. The van der Waals surface area contributed by atoms with Gasteiger partial charge in [0, 0.05) is 24.2 Å². The smallest absolute Gasteiger partial charge is 0.170 e. The third-order valence-corrected chi connectivity index (χ3v) is 5.73. The molecule has 0 aromatic rings. The van der Waals surface area contributed by atoms with Crippen molar-refractivity contribution in [3.63, 3.8) is 0 Å². The lowest BCUT2D eigenvalue weighted by atomic mass is 9.79. The summed E-state index contributed by atoms with van der Waals surface area (Å²) in [7, 11) is 0. The Hall–Kier alpha value is -0.410. The summed E-state index contributed by atoms with van der Waals surface area (Å²) in [6.45, 7) is 0. The number of ether oxygens (including phenoxy) is 1. The number of carbonyl (C=O) groups is 1. The highest BCUT2D eigenvalue weighted by atomic mass is 16.6. The molecule has 74 valence electrons. The zero-order valence-corrected chi connectivity index (χ0v) is 7.72. The molecule has 14 heavy (non-hydrogen) atoms. The summed E-state index contributed by atoms with van der Waals surface area (Å²) in [6.07, 6.45) is 1.71. The average molecular weight is 192 g/mol.